The molecule has 1 unspecified atom stereocenters. The van der Waals surface area contributed by atoms with Crippen molar-refractivity contribution < 1.29 is 4.79 Å². The molecule has 100 valence electrons. The zero-order valence-corrected chi connectivity index (χ0v) is 11.0. The van der Waals surface area contributed by atoms with Crippen LogP contribution in [0.1, 0.15) is 19.8 Å². The van der Waals surface area contributed by atoms with Gasteiger partial charge in [0.05, 0.1) is 23.9 Å². The summed E-state index contributed by atoms with van der Waals surface area (Å²) in [6.45, 7) is 2.36. The standard InChI is InChI=1S/C14H18N4O/c1-14(13(15)19,17-10-6-7-10)8-18-9-16-11-4-2-3-5-12(11)18/h2-5,9-10,17H,6-8H2,1H3,(H2,15,19). The number of imidazole rings is 1. The lowest BCUT2D eigenvalue weighted by atomic mass is 10.0. The molecule has 0 bridgehead atoms. The number of amides is 1. The van der Waals surface area contributed by atoms with E-state index in [4.69, 9.17) is 5.73 Å². The van der Waals surface area contributed by atoms with E-state index in [9.17, 15) is 4.79 Å². The Bertz CT molecular complexity index is 617. The maximum Gasteiger partial charge on any atom is 0.239 e. The van der Waals surface area contributed by atoms with Gasteiger partial charge in [0, 0.05) is 6.04 Å². The Hall–Kier alpha value is -1.88. The van der Waals surface area contributed by atoms with Gasteiger partial charge in [-0.1, -0.05) is 12.1 Å². The Morgan fingerprint density at radius 2 is 2.26 bits per heavy atom. The van der Waals surface area contributed by atoms with Crippen molar-refractivity contribution in [3.05, 3.63) is 30.6 Å². The average Bonchev–Trinajstić information content (AvgIpc) is 3.10. The highest BCUT2D eigenvalue weighted by Gasteiger charge is 2.37. The Kier molecular flexibility index (Phi) is 2.78. The van der Waals surface area contributed by atoms with Gasteiger partial charge >= 0.3 is 0 Å². The summed E-state index contributed by atoms with van der Waals surface area (Å²) in [5.41, 5.74) is 6.79. The number of rotatable bonds is 5. The van der Waals surface area contributed by atoms with Gasteiger partial charge in [-0.25, -0.2) is 4.98 Å². The number of nitrogens with two attached hydrogens (primary N) is 1. The summed E-state index contributed by atoms with van der Waals surface area (Å²) in [7, 11) is 0. The predicted octanol–water partition coefficient (Wildman–Crippen LogP) is 1.03. The third kappa shape index (κ3) is 2.33. The van der Waals surface area contributed by atoms with Crippen molar-refractivity contribution >= 4 is 16.9 Å². The van der Waals surface area contributed by atoms with Crippen LogP contribution < -0.4 is 11.1 Å². The van der Waals surface area contributed by atoms with E-state index >= 15 is 0 Å². The summed E-state index contributed by atoms with van der Waals surface area (Å²) in [5, 5.41) is 3.35. The van der Waals surface area contributed by atoms with Gasteiger partial charge in [-0.2, -0.15) is 0 Å². The third-order valence-corrected chi connectivity index (χ3v) is 3.66. The van der Waals surface area contributed by atoms with Crippen molar-refractivity contribution in [2.24, 2.45) is 5.73 Å². The van der Waals surface area contributed by atoms with Crippen molar-refractivity contribution in [3.8, 4) is 0 Å². The van der Waals surface area contributed by atoms with Crippen LogP contribution >= 0.6 is 0 Å². The molecule has 1 saturated carbocycles. The Balaban J connectivity index is 1.90. The van der Waals surface area contributed by atoms with Crippen molar-refractivity contribution in [3.63, 3.8) is 0 Å². The molecule has 0 spiro atoms. The van der Waals surface area contributed by atoms with E-state index in [0.29, 0.717) is 12.6 Å². The third-order valence-electron chi connectivity index (χ3n) is 3.66. The summed E-state index contributed by atoms with van der Waals surface area (Å²) < 4.78 is 1.98. The first-order valence-electron chi connectivity index (χ1n) is 6.56. The lowest BCUT2D eigenvalue weighted by molar-refractivity contribution is -0.124. The summed E-state index contributed by atoms with van der Waals surface area (Å²) in [4.78, 5) is 16.1. The second kappa shape index (κ2) is 4.35. The van der Waals surface area contributed by atoms with E-state index < -0.39 is 5.54 Å². The van der Waals surface area contributed by atoms with Gasteiger partial charge in [-0.3, -0.25) is 10.1 Å². The van der Waals surface area contributed by atoms with Crippen LogP contribution in [0.4, 0.5) is 0 Å². The minimum absolute atomic E-state index is 0.322. The summed E-state index contributed by atoms with van der Waals surface area (Å²) >= 11 is 0. The highest BCUT2D eigenvalue weighted by molar-refractivity contribution is 5.84. The Morgan fingerprint density at radius 3 is 2.95 bits per heavy atom. The average molecular weight is 258 g/mol. The molecule has 0 radical (unpaired) electrons. The first kappa shape index (κ1) is 12.2. The largest absolute Gasteiger partial charge is 0.368 e. The van der Waals surface area contributed by atoms with Crippen LogP contribution in [-0.4, -0.2) is 27.0 Å². The van der Waals surface area contributed by atoms with Crippen LogP contribution in [0.5, 0.6) is 0 Å². The van der Waals surface area contributed by atoms with Crippen LogP contribution in [0.3, 0.4) is 0 Å². The molecule has 0 saturated heterocycles. The van der Waals surface area contributed by atoms with Crippen molar-refractivity contribution in [1.29, 1.82) is 0 Å². The molecule has 5 nitrogen and oxygen atoms in total. The smallest absolute Gasteiger partial charge is 0.239 e. The number of carbonyl (C=O) groups excluding carboxylic acids is 1. The normalized spacial score (nSPS) is 18.4. The number of primary amides is 1. The van der Waals surface area contributed by atoms with Crippen molar-refractivity contribution in [2.45, 2.75) is 37.9 Å². The second-order valence-corrected chi connectivity index (χ2v) is 5.48. The number of aromatic nitrogens is 2. The van der Waals surface area contributed by atoms with Gasteiger partial charge in [0.15, 0.2) is 0 Å². The second-order valence-electron chi connectivity index (χ2n) is 5.48. The molecule has 1 fully saturated rings. The minimum Gasteiger partial charge on any atom is -0.368 e. The Morgan fingerprint density at radius 1 is 1.53 bits per heavy atom. The van der Waals surface area contributed by atoms with Crippen LogP contribution in [0.25, 0.3) is 11.0 Å². The molecule has 1 amide bonds. The molecule has 1 aromatic carbocycles. The van der Waals surface area contributed by atoms with Gasteiger partial charge in [0.1, 0.15) is 5.54 Å². The zero-order valence-electron chi connectivity index (χ0n) is 11.0. The summed E-state index contributed by atoms with van der Waals surface area (Å²) in [5.74, 6) is -0.322. The van der Waals surface area contributed by atoms with E-state index in [1.165, 1.54) is 0 Å². The number of hydrogen-bond donors (Lipinski definition) is 2. The van der Waals surface area contributed by atoms with Crippen molar-refractivity contribution in [2.75, 3.05) is 0 Å². The van der Waals surface area contributed by atoms with Gasteiger partial charge in [0.2, 0.25) is 5.91 Å². The van der Waals surface area contributed by atoms with Gasteiger partial charge in [-0.15, -0.1) is 0 Å². The molecule has 5 heteroatoms. The fourth-order valence-corrected chi connectivity index (χ4v) is 2.35. The zero-order chi connectivity index (χ0) is 13.5. The molecular formula is C14H18N4O. The number of para-hydroxylation sites is 2. The van der Waals surface area contributed by atoms with Crippen LogP contribution in [0, 0.1) is 0 Å². The molecule has 19 heavy (non-hydrogen) atoms. The maximum absolute atomic E-state index is 11.8. The SMILES string of the molecule is CC(Cn1cnc2ccccc21)(NC1CC1)C(N)=O. The monoisotopic (exact) mass is 258 g/mol. The van der Waals surface area contributed by atoms with Crippen LogP contribution in [-0.2, 0) is 11.3 Å². The fraction of sp³-hybridized carbons (Fsp3) is 0.429. The Labute approximate surface area is 111 Å². The lowest BCUT2D eigenvalue weighted by Crippen LogP contribution is -2.56. The van der Waals surface area contributed by atoms with Crippen molar-refractivity contribution in [1.82, 2.24) is 14.9 Å². The minimum atomic E-state index is -0.732. The molecule has 2 aromatic rings. The van der Waals surface area contributed by atoms with E-state index in [1.807, 2.05) is 35.8 Å². The lowest BCUT2D eigenvalue weighted by Gasteiger charge is -2.28. The summed E-state index contributed by atoms with van der Waals surface area (Å²) in [6.07, 6.45) is 4.00. The quantitative estimate of drug-likeness (QED) is 0.841. The molecule has 1 heterocycles. The molecular weight excluding hydrogens is 240 g/mol. The van der Waals surface area contributed by atoms with Gasteiger partial charge in [0.25, 0.3) is 0 Å². The van der Waals surface area contributed by atoms with Crippen LogP contribution in [0.2, 0.25) is 0 Å². The van der Waals surface area contributed by atoms with E-state index in [1.54, 1.807) is 6.33 Å². The molecule has 0 aliphatic heterocycles. The molecule has 1 aliphatic carbocycles. The summed E-state index contributed by atoms with van der Waals surface area (Å²) in [6, 6.07) is 8.31. The fourth-order valence-electron chi connectivity index (χ4n) is 2.35. The predicted molar refractivity (Wildman–Crippen MR) is 73.5 cm³/mol. The number of carbonyl (C=O) groups is 1. The molecule has 1 atom stereocenters. The molecule has 1 aromatic heterocycles. The molecule has 3 N–H and O–H groups in total. The number of nitrogens with one attached hydrogen (secondary N) is 1. The highest BCUT2D eigenvalue weighted by atomic mass is 16.1. The highest BCUT2D eigenvalue weighted by Crippen LogP contribution is 2.24. The van der Waals surface area contributed by atoms with Crippen LogP contribution in [0.15, 0.2) is 30.6 Å². The molecule has 1 aliphatic rings. The number of benzene rings is 1. The first-order valence-corrected chi connectivity index (χ1v) is 6.56. The number of fused-ring (bicyclic) bond motifs is 1. The number of hydrogen-bond acceptors (Lipinski definition) is 3. The molecule has 3 rings (SSSR count). The maximum atomic E-state index is 11.8. The first-order chi connectivity index (χ1) is 9.08. The van der Waals surface area contributed by atoms with E-state index in [2.05, 4.69) is 10.3 Å². The van der Waals surface area contributed by atoms with E-state index in [-0.39, 0.29) is 5.91 Å². The topological polar surface area (TPSA) is 72.9 Å². The van der Waals surface area contributed by atoms with E-state index in [0.717, 1.165) is 23.9 Å². The van der Waals surface area contributed by atoms with Gasteiger partial charge < -0.3 is 10.3 Å². The van der Waals surface area contributed by atoms with Gasteiger partial charge in [-0.05, 0) is 31.9 Å². The number of nitrogens with zero attached hydrogens (tertiary/aromatic N) is 2.